The Kier molecular flexibility index (Phi) is 11.1. The maximum atomic E-state index is 10.8. The molecule has 2 N–H and O–H groups in total. The summed E-state index contributed by atoms with van der Waals surface area (Å²) >= 11 is 0. The number of morpholine rings is 1. The lowest BCUT2D eigenvalue weighted by atomic mass is 10.1. The van der Waals surface area contributed by atoms with E-state index in [1.54, 1.807) is 20.3 Å². The fourth-order valence-electron chi connectivity index (χ4n) is 4.12. The molecule has 2 atom stereocenters. The summed E-state index contributed by atoms with van der Waals surface area (Å²) in [4.78, 5) is 9.55. The average molecular weight is 548 g/mol. The molecular formula is C22H37IN4O4. The number of benzene rings is 1. The van der Waals surface area contributed by atoms with Crippen molar-refractivity contribution in [1.29, 1.82) is 0 Å². The highest BCUT2D eigenvalue weighted by Crippen LogP contribution is 2.29. The number of methoxy groups -OCH3 is 2. The summed E-state index contributed by atoms with van der Waals surface area (Å²) < 4.78 is 16.1. The Bertz CT molecular complexity index is 700. The summed E-state index contributed by atoms with van der Waals surface area (Å²) in [6, 6.07) is 5.43. The third-order valence-corrected chi connectivity index (χ3v) is 5.75. The largest absolute Gasteiger partial charge is 0.497 e. The number of aliphatic hydroxyl groups is 1. The van der Waals surface area contributed by atoms with Crippen molar-refractivity contribution in [3.8, 4) is 11.5 Å². The molecule has 9 heteroatoms. The predicted octanol–water partition coefficient (Wildman–Crippen LogP) is 1.97. The SMILES string of the molecule is CCNC(=NCC(O)c1cc(OC)ccc1OC)N1CCC(CN2CCOCC2)C1.I. The average Bonchev–Trinajstić information content (AvgIpc) is 3.24. The molecule has 3 rings (SSSR count). The van der Waals surface area contributed by atoms with E-state index in [0.717, 1.165) is 64.9 Å². The van der Waals surface area contributed by atoms with Gasteiger partial charge in [0.05, 0.1) is 34.0 Å². The Labute approximate surface area is 203 Å². The maximum Gasteiger partial charge on any atom is 0.194 e. The molecule has 31 heavy (non-hydrogen) atoms. The number of halogens is 1. The number of hydrogen-bond donors (Lipinski definition) is 2. The molecule has 0 spiro atoms. The van der Waals surface area contributed by atoms with Crippen molar-refractivity contribution in [3.63, 3.8) is 0 Å². The lowest BCUT2D eigenvalue weighted by Crippen LogP contribution is -2.42. The number of likely N-dealkylation sites (tertiary alicyclic amines) is 1. The third kappa shape index (κ3) is 7.37. The van der Waals surface area contributed by atoms with Crippen molar-refractivity contribution in [2.45, 2.75) is 19.4 Å². The lowest BCUT2D eigenvalue weighted by molar-refractivity contribution is 0.0315. The summed E-state index contributed by atoms with van der Waals surface area (Å²) in [6.45, 7) is 9.94. The molecule has 0 bridgehead atoms. The number of aliphatic imine (C=N–C) groups is 1. The molecule has 2 saturated heterocycles. The predicted molar refractivity (Wildman–Crippen MR) is 133 cm³/mol. The van der Waals surface area contributed by atoms with Crippen LogP contribution in [0.1, 0.15) is 25.0 Å². The molecule has 2 aliphatic rings. The van der Waals surface area contributed by atoms with Crippen LogP contribution in [0.25, 0.3) is 0 Å². The van der Waals surface area contributed by atoms with E-state index in [4.69, 9.17) is 19.2 Å². The molecule has 0 saturated carbocycles. The molecule has 2 aliphatic heterocycles. The quantitative estimate of drug-likeness (QED) is 0.292. The first-order chi connectivity index (χ1) is 14.6. The Balaban J connectivity index is 0.00000341. The molecular weight excluding hydrogens is 511 g/mol. The van der Waals surface area contributed by atoms with Gasteiger partial charge in [0.25, 0.3) is 0 Å². The van der Waals surface area contributed by atoms with E-state index >= 15 is 0 Å². The lowest BCUT2D eigenvalue weighted by Gasteiger charge is -2.29. The molecule has 0 aliphatic carbocycles. The van der Waals surface area contributed by atoms with Gasteiger partial charge in [0.1, 0.15) is 17.6 Å². The Morgan fingerprint density at radius 3 is 2.71 bits per heavy atom. The van der Waals surface area contributed by atoms with Crippen molar-refractivity contribution >= 4 is 29.9 Å². The molecule has 1 aromatic carbocycles. The van der Waals surface area contributed by atoms with E-state index in [-0.39, 0.29) is 30.5 Å². The Morgan fingerprint density at radius 2 is 2.03 bits per heavy atom. The second-order valence-corrected chi connectivity index (χ2v) is 7.83. The van der Waals surface area contributed by atoms with Crippen LogP contribution in [0.2, 0.25) is 0 Å². The van der Waals surface area contributed by atoms with E-state index in [1.807, 2.05) is 12.1 Å². The zero-order chi connectivity index (χ0) is 21.3. The van der Waals surface area contributed by atoms with Crippen molar-refractivity contribution < 1.29 is 19.3 Å². The first-order valence-corrected chi connectivity index (χ1v) is 10.9. The van der Waals surface area contributed by atoms with Crippen LogP contribution in [0.3, 0.4) is 0 Å². The summed E-state index contributed by atoms with van der Waals surface area (Å²) in [5.74, 6) is 2.82. The van der Waals surface area contributed by atoms with Crippen LogP contribution in [-0.4, -0.2) is 94.1 Å². The van der Waals surface area contributed by atoms with Gasteiger partial charge >= 0.3 is 0 Å². The number of ether oxygens (including phenoxy) is 3. The normalized spacial score (nSPS) is 20.8. The van der Waals surface area contributed by atoms with E-state index in [9.17, 15) is 5.11 Å². The van der Waals surface area contributed by atoms with Gasteiger partial charge in [-0.2, -0.15) is 0 Å². The van der Waals surface area contributed by atoms with Gasteiger partial charge in [-0.3, -0.25) is 9.89 Å². The molecule has 2 fully saturated rings. The number of guanidine groups is 1. The van der Waals surface area contributed by atoms with Crippen LogP contribution in [0, 0.1) is 5.92 Å². The van der Waals surface area contributed by atoms with Crippen LogP contribution >= 0.6 is 24.0 Å². The minimum Gasteiger partial charge on any atom is -0.497 e. The first-order valence-electron chi connectivity index (χ1n) is 10.9. The number of hydrogen-bond acceptors (Lipinski definition) is 6. The molecule has 0 radical (unpaired) electrons. The smallest absolute Gasteiger partial charge is 0.194 e. The van der Waals surface area contributed by atoms with Crippen LogP contribution in [0.15, 0.2) is 23.2 Å². The van der Waals surface area contributed by atoms with Gasteiger partial charge in [0, 0.05) is 44.8 Å². The number of nitrogens with zero attached hydrogens (tertiary/aromatic N) is 3. The molecule has 0 aromatic heterocycles. The minimum atomic E-state index is -0.768. The second kappa shape index (κ2) is 13.3. The Morgan fingerprint density at radius 1 is 1.26 bits per heavy atom. The van der Waals surface area contributed by atoms with Gasteiger partial charge in [-0.05, 0) is 37.5 Å². The molecule has 2 unspecified atom stereocenters. The van der Waals surface area contributed by atoms with Crippen molar-refractivity contribution in [3.05, 3.63) is 23.8 Å². The molecule has 1 aromatic rings. The summed E-state index contributed by atoms with van der Waals surface area (Å²) in [6.07, 6.45) is 0.393. The Hall–Kier alpha value is -1.30. The first kappa shape index (κ1) is 26.0. The van der Waals surface area contributed by atoms with Crippen molar-refractivity contribution in [2.75, 3.05) is 73.2 Å². The van der Waals surface area contributed by atoms with Gasteiger partial charge < -0.3 is 29.5 Å². The third-order valence-electron chi connectivity index (χ3n) is 5.75. The van der Waals surface area contributed by atoms with E-state index in [0.29, 0.717) is 23.0 Å². The highest BCUT2D eigenvalue weighted by Gasteiger charge is 2.27. The standard InChI is InChI=1S/C22H36N4O4.HI/c1-4-23-22(26-8-7-17(16-26)15-25-9-11-30-12-10-25)24-14-20(27)19-13-18(28-2)5-6-21(19)29-3;/h5-6,13,17,20,27H,4,7-12,14-16H2,1-3H3,(H,23,24);1H. The fourth-order valence-corrected chi connectivity index (χ4v) is 4.12. The molecule has 176 valence electrons. The molecule has 0 amide bonds. The van der Waals surface area contributed by atoms with E-state index in [2.05, 4.69) is 22.0 Å². The van der Waals surface area contributed by atoms with Gasteiger partial charge in [0.15, 0.2) is 5.96 Å². The van der Waals surface area contributed by atoms with E-state index in [1.165, 1.54) is 0 Å². The fraction of sp³-hybridized carbons (Fsp3) is 0.682. The van der Waals surface area contributed by atoms with Gasteiger partial charge in [0.2, 0.25) is 0 Å². The summed E-state index contributed by atoms with van der Waals surface area (Å²) in [5, 5.41) is 14.2. The zero-order valence-corrected chi connectivity index (χ0v) is 21.2. The van der Waals surface area contributed by atoms with Gasteiger partial charge in [-0.15, -0.1) is 24.0 Å². The monoisotopic (exact) mass is 548 g/mol. The second-order valence-electron chi connectivity index (χ2n) is 7.83. The van der Waals surface area contributed by atoms with Crippen LogP contribution in [0.5, 0.6) is 11.5 Å². The van der Waals surface area contributed by atoms with Crippen molar-refractivity contribution in [1.82, 2.24) is 15.1 Å². The minimum absolute atomic E-state index is 0. The maximum absolute atomic E-state index is 10.8. The highest BCUT2D eigenvalue weighted by molar-refractivity contribution is 14.0. The van der Waals surface area contributed by atoms with Crippen molar-refractivity contribution in [2.24, 2.45) is 10.9 Å². The molecule has 2 heterocycles. The van der Waals surface area contributed by atoms with Gasteiger partial charge in [-0.25, -0.2) is 0 Å². The van der Waals surface area contributed by atoms with Crippen LogP contribution < -0.4 is 14.8 Å². The van der Waals surface area contributed by atoms with Crippen LogP contribution in [-0.2, 0) is 4.74 Å². The summed E-state index contributed by atoms with van der Waals surface area (Å²) in [7, 11) is 3.21. The topological polar surface area (TPSA) is 78.8 Å². The van der Waals surface area contributed by atoms with E-state index < -0.39 is 6.10 Å². The number of nitrogens with one attached hydrogen (secondary N) is 1. The number of rotatable bonds is 8. The van der Waals surface area contributed by atoms with Crippen LogP contribution in [0.4, 0.5) is 0 Å². The number of aliphatic hydroxyl groups excluding tert-OH is 1. The highest BCUT2D eigenvalue weighted by atomic mass is 127. The molecule has 8 nitrogen and oxygen atoms in total. The van der Waals surface area contributed by atoms with Gasteiger partial charge in [-0.1, -0.05) is 0 Å². The zero-order valence-electron chi connectivity index (χ0n) is 18.9. The summed E-state index contributed by atoms with van der Waals surface area (Å²) in [5.41, 5.74) is 0.683.